The van der Waals surface area contributed by atoms with E-state index in [1.165, 1.54) is 7.11 Å². The van der Waals surface area contributed by atoms with Crippen LogP contribution in [0.3, 0.4) is 0 Å². The molecule has 0 aromatic heterocycles. The second kappa shape index (κ2) is 7.50. The Kier molecular flexibility index (Phi) is 5.63. The number of carbonyl (C=O) groups is 1. The van der Waals surface area contributed by atoms with E-state index in [9.17, 15) is 22.0 Å². The first-order chi connectivity index (χ1) is 11.3. The number of halogens is 2. The predicted octanol–water partition coefficient (Wildman–Crippen LogP) is 2.55. The standard InChI is InChI=1S/C16H15F2NO4S/c1-23-16(20)10-15(11-5-3-2-4-6-11)19-24(21,22)12-7-8-13(17)14(18)9-12/h2-9,15,19H,10H2,1H3. The van der Waals surface area contributed by atoms with Crippen molar-refractivity contribution in [3.8, 4) is 0 Å². The van der Waals surface area contributed by atoms with Crippen molar-refractivity contribution in [2.45, 2.75) is 17.4 Å². The Balaban J connectivity index is 2.33. The lowest BCUT2D eigenvalue weighted by Crippen LogP contribution is -2.30. The van der Waals surface area contributed by atoms with Crippen molar-refractivity contribution >= 4 is 16.0 Å². The van der Waals surface area contributed by atoms with Crippen molar-refractivity contribution in [3.05, 3.63) is 65.7 Å². The van der Waals surface area contributed by atoms with Crippen molar-refractivity contribution in [2.75, 3.05) is 7.11 Å². The van der Waals surface area contributed by atoms with Crippen LogP contribution in [0.5, 0.6) is 0 Å². The minimum Gasteiger partial charge on any atom is -0.469 e. The zero-order valence-electron chi connectivity index (χ0n) is 12.7. The molecule has 0 aliphatic heterocycles. The average molecular weight is 355 g/mol. The topological polar surface area (TPSA) is 72.5 Å². The van der Waals surface area contributed by atoms with E-state index in [0.29, 0.717) is 11.6 Å². The van der Waals surface area contributed by atoms with Gasteiger partial charge in [0.2, 0.25) is 10.0 Å². The van der Waals surface area contributed by atoms with Crippen LogP contribution >= 0.6 is 0 Å². The van der Waals surface area contributed by atoms with E-state index in [2.05, 4.69) is 9.46 Å². The fraction of sp³-hybridized carbons (Fsp3) is 0.188. The quantitative estimate of drug-likeness (QED) is 0.809. The molecule has 0 bridgehead atoms. The molecule has 0 radical (unpaired) electrons. The zero-order valence-corrected chi connectivity index (χ0v) is 13.5. The summed E-state index contributed by atoms with van der Waals surface area (Å²) in [6.07, 6.45) is -0.247. The molecule has 1 N–H and O–H groups in total. The Bertz CT molecular complexity index is 825. The molecule has 2 aromatic carbocycles. The van der Waals surface area contributed by atoms with Crippen LogP contribution in [-0.2, 0) is 19.6 Å². The van der Waals surface area contributed by atoms with Gasteiger partial charge in [-0.15, -0.1) is 0 Å². The number of benzene rings is 2. The van der Waals surface area contributed by atoms with Gasteiger partial charge in [-0.3, -0.25) is 4.79 Å². The van der Waals surface area contributed by atoms with E-state index in [1.54, 1.807) is 30.3 Å². The van der Waals surface area contributed by atoms with Gasteiger partial charge in [0.1, 0.15) is 0 Å². The summed E-state index contributed by atoms with van der Waals surface area (Å²) >= 11 is 0. The van der Waals surface area contributed by atoms with Gasteiger partial charge in [0.05, 0.1) is 24.5 Å². The molecule has 2 rings (SSSR count). The fourth-order valence-electron chi connectivity index (χ4n) is 2.06. The molecular formula is C16H15F2NO4S. The molecular weight excluding hydrogens is 340 g/mol. The summed E-state index contributed by atoms with van der Waals surface area (Å²) in [4.78, 5) is 11.1. The third kappa shape index (κ3) is 4.36. The van der Waals surface area contributed by atoms with Crippen LogP contribution in [-0.4, -0.2) is 21.5 Å². The molecule has 0 amide bonds. The summed E-state index contributed by atoms with van der Waals surface area (Å²) in [7, 11) is -2.98. The number of sulfonamides is 1. The summed E-state index contributed by atoms with van der Waals surface area (Å²) in [5, 5.41) is 0. The summed E-state index contributed by atoms with van der Waals surface area (Å²) in [5.74, 6) is -3.04. The SMILES string of the molecule is COC(=O)CC(NS(=O)(=O)c1ccc(F)c(F)c1)c1ccccc1. The number of hydrogen-bond acceptors (Lipinski definition) is 4. The van der Waals surface area contributed by atoms with E-state index < -0.39 is 38.6 Å². The number of nitrogens with one attached hydrogen (secondary N) is 1. The normalized spacial score (nSPS) is 12.6. The summed E-state index contributed by atoms with van der Waals surface area (Å²) in [6.45, 7) is 0. The summed E-state index contributed by atoms with van der Waals surface area (Å²) < 4.78 is 58.0. The Morgan fingerprint density at radius 3 is 2.38 bits per heavy atom. The van der Waals surface area contributed by atoms with Crippen LogP contribution in [0, 0.1) is 11.6 Å². The van der Waals surface area contributed by atoms with Gasteiger partial charge >= 0.3 is 5.97 Å². The van der Waals surface area contributed by atoms with Gasteiger partial charge < -0.3 is 4.74 Å². The highest BCUT2D eigenvalue weighted by Gasteiger charge is 2.24. The lowest BCUT2D eigenvalue weighted by Gasteiger charge is -2.18. The van der Waals surface area contributed by atoms with Gasteiger partial charge in [-0.1, -0.05) is 30.3 Å². The van der Waals surface area contributed by atoms with E-state index >= 15 is 0 Å². The molecule has 0 heterocycles. The lowest BCUT2D eigenvalue weighted by molar-refractivity contribution is -0.141. The third-order valence-corrected chi connectivity index (χ3v) is 4.77. The zero-order chi connectivity index (χ0) is 17.7. The minimum absolute atomic E-state index is 0.247. The molecule has 2 aromatic rings. The number of rotatable bonds is 6. The van der Waals surface area contributed by atoms with Gasteiger partial charge in [-0.2, -0.15) is 0 Å². The van der Waals surface area contributed by atoms with Crippen molar-refractivity contribution in [3.63, 3.8) is 0 Å². The number of ether oxygens (including phenoxy) is 1. The molecule has 128 valence electrons. The molecule has 0 spiro atoms. The van der Waals surface area contributed by atoms with Crippen LogP contribution in [0.25, 0.3) is 0 Å². The maximum Gasteiger partial charge on any atom is 0.307 e. The van der Waals surface area contributed by atoms with Gasteiger partial charge in [-0.05, 0) is 23.8 Å². The van der Waals surface area contributed by atoms with Crippen molar-refractivity contribution in [1.29, 1.82) is 0 Å². The Labute approximate surface area is 138 Å². The maximum atomic E-state index is 13.3. The highest BCUT2D eigenvalue weighted by atomic mass is 32.2. The van der Waals surface area contributed by atoms with E-state index in [-0.39, 0.29) is 6.42 Å². The van der Waals surface area contributed by atoms with Crippen molar-refractivity contribution in [2.24, 2.45) is 0 Å². The molecule has 0 aliphatic carbocycles. The highest BCUT2D eigenvalue weighted by Crippen LogP contribution is 2.21. The predicted molar refractivity (Wildman–Crippen MR) is 82.5 cm³/mol. The van der Waals surface area contributed by atoms with Gasteiger partial charge in [0.15, 0.2) is 11.6 Å². The van der Waals surface area contributed by atoms with Crippen LogP contribution in [0.15, 0.2) is 53.4 Å². The van der Waals surface area contributed by atoms with Gasteiger partial charge in [0, 0.05) is 0 Å². The van der Waals surface area contributed by atoms with Gasteiger partial charge in [-0.25, -0.2) is 21.9 Å². The molecule has 0 aliphatic rings. The van der Waals surface area contributed by atoms with Crippen LogP contribution in [0.2, 0.25) is 0 Å². The highest BCUT2D eigenvalue weighted by molar-refractivity contribution is 7.89. The van der Waals surface area contributed by atoms with E-state index in [0.717, 1.165) is 12.1 Å². The fourth-order valence-corrected chi connectivity index (χ4v) is 3.30. The lowest BCUT2D eigenvalue weighted by atomic mass is 10.1. The van der Waals surface area contributed by atoms with Crippen molar-refractivity contribution in [1.82, 2.24) is 4.72 Å². The molecule has 5 nitrogen and oxygen atoms in total. The Hall–Kier alpha value is -2.32. The largest absolute Gasteiger partial charge is 0.469 e. The van der Waals surface area contributed by atoms with E-state index in [1.807, 2.05) is 0 Å². The Morgan fingerprint density at radius 2 is 1.79 bits per heavy atom. The smallest absolute Gasteiger partial charge is 0.307 e. The molecule has 0 saturated carbocycles. The summed E-state index contributed by atoms with van der Waals surface area (Å²) in [6, 6.07) is 9.74. The molecule has 1 atom stereocenters. The molecule has 0 saturated heterocycles. The number of esters is 1. The summed E-state index contributed by atoms with van der Waals surface area (Å²) in [5.41, 5.74) is 0.536. The van der Waals surface area contributed by atoms with E-state index in [4.69, 9.17) is 0 Å². The van der Waals surface area contributed by atoms with Crippen LogP contribution in [0.1, 0.15) is 18.0 Å². The van der Waals surface area contributed by atoms with Crippen LogP contribution in [0.4, 0.5) is 8.78 Å². The maximum absolute atomic E-state index is 13.3. The van der Waals surface area contributed by atoms with Gasteiger partial charge in [0.25, 0.3) is 0 Å². The average Bonchev–Trinajstić information content (AvgIpc) is 2.57. The molecule has 0 fully saturated rings. The first-order valence-corrected chi connectivity index (χ1v) is 8.41. The second-order valence-electron chi connectivity index (χ2n) is 4.94. The molecule has 8 heteroatoms. The number of methoxy groups -OCH3 is 1. The number of hydrogen-bond donors (Lipinski definition) is 1. The minimum atomic E-state index is -4.17. The number of carbonyl (C=O) groups excluding carboxylic acids is 1. The Morgan fingerprint density at radius 1 is 1.12 bits per heavy atom. The first-order valence-electron chi connectivity index (χ1n) is 6.92. The second-order valence-corrected chi connectivity index (χ2v) is 6.65. The molecule has 24 heavy (non-hydrogen) atoms. The third-order valence-electron chi connectivity index (χ3n) is 3.30. The monoisotopic (exact) mass is 355 g/mol. The van der Waals surface area contributed by atoms with Crippen molar-refractivity contribution < 1.29 is 26.7 Å². The van der Waals surface area contributed by atoms with Crippen LogP contribution < -0.4 is 4.72 Å². The first kappa shape index (κ1) is 18.0. The molecule has 1 unspecified atom stereocenters.